The minimum atomic E-state index is 0.660. The molecule has 0 spiro atoms. The van der Waals surface area contributed by atoms with Gasteiger partial charge in [0, 0.05) is 11.8 Å². The number of thiazole rings is 1. The highest BCUT2D eigenvalue weighted by atomic mass is 32.1. The monoisotopic (exact) mass is 378 g/mol. The molecule has 2 heterocycles. The van der Waals surface area contributed by atoms with E-state index in [1.54, 1.807) is 11.3 Å². The quantitative estimate of drug-likeness (QED) is 0.639. The molecule has 1 aliphatic rings. The summed E-state index contributed by atoms with van der Waals surface area (Å²) >= 11 is 1.69. The standard InChI is InChI=1S/C23H26N2OS/c1-17-25-22(16-27-17)11-14-26-23-7-5-18(6-8-23)20-3-2-4-21(15-20)19-9-12-24-13-10-19/h2-8,15-16,19,24H,9-14H2,1H3. The second kappa shape index (κ2) is 8.68. The maximum absolute atomic E-state index is 5.89. The normalized spacial score (nSPS) is 15.0. The predicted octanol–water partition coefficient (Wildman–Crippen LogP) is 5.21. The molecule has 0 radical (unpaired) electrons. The zero-order valence-electron chi connectivity index (χ0n) is 15.8. The maximum Gasteiger partial charge on any atom is 0.119 e. The fourth-order valence-corrected chi connectivity index (χ4v) is 4.31. The van der Waals surface area contributed by atoms with Crippen molar-refractivity contribution in [2.45, 2.75) is 32.1 Å². The Morgan fingerprint density at radius 2 is 1.89 bits per heavy atom. The van der Waals surface area contributed by atoms with Gasteiger partial charge in [0.15, 0.2) is 0 Å². The van der Waals surface area contributed by atoms with Crippen LogP contribution in [0.2, 0.25) is 0 Å². The zero-order chi connectivity index (χ0) is 18.5. The van der Waals surface area contributed by atoms with Crippen molar-refractivity contribution < 1.29 is 4.74 Å². The molecular weight excluding hydrogens is 352 g/mol. The largest absolute Gasteiger partial charge is 0.493 e. The van der Waals surface area contributed by atoms with Gasteiger partial charge in [0.25, 0.3) is 0 Å². The molecule has 0 saturated carbocycles. The van der Waals surface area contributed by atoms with E-state index in [1.807, 2.05) is 6.92 Å². The van der Waals surface area contributed by atoms with Crippen molar-refractivity contribution in [2.24, 2.45) is 0 Å². The van der Waals surface area contributed by atoms with Crippen molar-refractivity contribution in [3.8, 4) is 16.9 Å². The topological polar surface area (TPSA) is 34.1 Å². The first-order valence-corrected chi connectivity index (χ1v) is 10.6. The first-order valence-electron chi connectivity index (χ1n) is 9.73. The van der Waals surface area contributed by atoms with Crippen LogP contribution in [0.15, 0.2) is 53.9 Å². The average Bonchev–Trinajstić information content (AvgIpc) is 3.14. The summed E-state index contributed by atoms with van der Waals surface area (Å²) in [5.74, 6) is 1.60. The Balaban J connectivity index is 1.38. The number of ether oxygens (including phenoxy) is 1. The molecule has 0 aliphatic carbocycles. The minimum Gasteiger partial charge on any atom is -0.493 e. The molecule has 1 aliphatic heterocycles. The number of rotatable bonds is 6. The van der Waals surface area contributed by atoms with Crippen LogP contribution in [0, 0.1) is 6.92 Å². The van der Waals surface area contributed by atoms with Gasteiger partial charge in [-0.25, -0.2) is 4.98 Å². The number of aromatic nitrogens is 1. The number of nitrogens with zero attached hydrogens (tertiary/aromatic N) is 1. The van der Waals surface area contributed by atoms with Crippen molar-refractivity contribution in [3.63, 3.8) is 0 Å². The van der Waals surface area contributed by atoms with E-state index in [4.69, 9.17) is 4.74 Å². The van der Waals surface area contributed by atoms with E-state index in [-0.39, 0.29) is 0 Å². The molecule has 140 valence electrons. The van der Waals surface area contributed by atoms with E-state index in [0.29, 0.717) is 12.5 Å². The molecule has 0 atom stereocenters. The van der Waals surface area contributed by atoms with Crippen LogP contribution in [0.5, 0.6) is 5.75 Å². The summed E-state index contributed by atoms with van der Waals surface area (Å²) in [5.41, 5.74) is 5.11. The lowest BCUT2D eigenvalue weighted by Crippen LogP contribution is -2.26. The van der Waals surface area contributed by atoms with E-state index in [0.717, 1.165) is 36.0 Å². The first kappa shape index (κ1) is 18.2. The number of benzene rings is 2. The molecule has 1 saturated heterocycles. The first-order chi connectivity index (χ1) is 13.3. The van der Waals surface area contributed by atoms with Gasteiger partial charge in [0.1, 0.15) is 5.75 Å². The van der Waals surface area contributed by atoms with Gasteiger partial charge >= 0.3 is 0 Å². The molecule has 4 rings (SSSR count). The Bertz CT molecular complexity index is 866. The van der Waals surface area contributed by atoms with E-state index < -0.39 is 0 Å². The van der Waals surface area contributed by atoms with Crippen LogP contribution in [0.25, 0.3) is 11.1 Å². The van der Waals surface area contributed by atoms with E-state index in [9.17, 15) is 0 Å². The van der Waals surface area contributed by atoms with Crippen LogP contribution in [-0.4, -0.2) is 24.7 Å². The van der Waals surface area contributed by atoms with Gasteiger partial charge in [-0.3, -0.25) is 0 Å². The third-order valence-electron chi connectivity index (χ3n) is 5.18. The highest BCUT2D eigenvalue weighted by molar-refractivity contribution is 7.09. The van der Waals surface area contributed by atoms with Gasteiger partial charge in [-0.1, -0.05) is 36.4 Å². The molecular formula is C23H26N2OS. The van der Waals surface area contributed by atoms with E-state index in [2.05, 4.69) is 64.2 Å². The maximum atomic E-state index is 5.89. The summed E-state index contributed by atoms with van der Waals surface area (Å²) < 4.78 is 5.89. The zero-order valence-corrected chi connectivity index (χ0v) is 16.6. The minimum absolute atomic E-state index is 0.660. The van der Waals surface area contributed by atoms with Gasteiger partial charge < -0.3 is 10.1 Å². The number of piperidine rings is 1. The molecule has 27 heavy (non-hydrogen) atoms. The van der Waals surface area contributed by atoms with Crippen molar-refractivity contribution in [2.75, 3.05) is 19.7 Å². The molecule has 4 heteroatoms. The van der Waals surface area contributed by atoms with E-state index in [1.165, 1.54) is 29.5 Å². The lowest BCUT2D eigenvalue weighted by Gasteiger charge is -2.23. The average molecular weight is 379 g/mol. The summed E-state index contributed by atoms with van der Waals surface area (Å²) in [6, 6.07) is 17.5. The predicted molar refractivity (Wildman–Crippen MR) is 113 cm³/mol. The Labute approximate surface area is 165 Å². The molecule has 3 aromatic rings. The fraction of sp³-hybridized carbons (Fsp3) is 0.348. The van der Waals surface area contributed by atoms with Gasteiger partial charge in [0.05, 0.1) is 17.3 Å². The number of hydrogen-bond acceptors (Lipinski definition) is 4. The highest BCUT2D eigenvalue weighted by Gasteiger charge is 2.15. The van der Waals surface area contributed by atoms with Crippen LogP contribution in [0.1, 0.15) is 35.0 Å². The van der Waals surface area contributed by atoms with Crippen LogP contribution in [0.3, 0.4) is 0 Å². The second-order valence-corrected chi connectivity index (χ2v) is 8.19. The van der Waals surface area contributed by atoms with Gasteiger partial charge in [-0.05, 0) is 67.6 Å². The lowest BCUT2D eigenvalue weighted by atomic mass is 9.88. The summed E-state index contributed by atoms with van der Waals surface area (Å²) in [6.45, 7) is 4.95. The van der Waals surface area contributed by atoms with Gasteiger partial charge in [-0.15, -0.1) is 11.3 Å². The fourth-order valence-electron chi connectivity index (χ4n) is 3.67. The lowest BCUT2D eigenvalue weighted by molar-refractivity contribution is 0.321. The Morgan fingerprint density at radius 1 is 1.07 bits per heavy atom. The van der Waals surface area contributed by atoms with Crippen molar-refractivity contribution >= 4 is 11.3 Å². The molecule has 0 bridgehead atoms. The molecule has 1 aromatic heterocycles. The van der Waals surface area contributed by atoms with Crippen LogP contribution in [0.4, 0.5) is 0 Å². The summed E-state index contributed by atoms with van der Waals surface area (Å²) in [5, 5.41) is 6.67. The van der Waals surface area contributed by atoms with E-state index >= 15 is 0 Å². The third-order valence-corrected chi connectivity index (χ3v) is 6.00. The van der Waals surface area contributed by atoms with Crippen molar-refractivity contribution in [1.82, 2.24) is 10.3 Å². The molecule has 1 fully saturated rings. The van der Waals surface area contributed by atoms with Crippen molar-refractivity contribution in [3.05, 3.63) is 70.2 Å². The number of nitrogens with one attached hydrogen (secondary N) is 1. The number of aryl methyl sites for hydroxylation is 1. The molecule has 1 N–H and O–H groups in total. The third kappa shape index (κ3) is 4.76. The van der Waals surface area contributed by atoms with Crippen LogP contribution in [-0.2, 0) is 6.42 Å². The van der Waals surface area contributed by atoms with Crippen LogP contribution < -0.4 is 10.1 Å². The van der Waals surface area contributed by atoms with Crippen molar-refractivity contribution in [1.29, 1.82) is 0 Å². The molecule has 0 amide bonds. The molecule has 0 unspecified atom stereocenters. The Kier molecular flexibility index (Phi) is 5.85. The Morgan fingerprint density at radius 3 is 2.63 bits per heavy atom. The molecule has 2 aromatic carbocycles. The second-order valence-electron chi connectivity index (χ2n) is 7.13. The summed E-state index contributed by atoms with van der Waals surface area (Å²) in [7, 11) is 0. The summed E-state index contributed by atoms with van der Waals surface area (Å²) in [4.78, 5) is 4.48. The van der Waals surface area contributed by atoms with Crippen LogP contribution >= 0.6 is 11.3 Å². The smallest absolute Gasteiger partial charge is 0.119 e. The molecule has 3 nitrogen and oxygen atoms in total. The Hall–Kier alpha value is -2.17. The van der Waals surface area contributed by atoms with Gasteiger partial charge in [-0.2, -0.15) is 0 Å². The summed E-state index contributed by atoms with van der Waals surface area (Å²) in [6.07, 6.45) is 3.31. The highest BCUT2D eigenvalue weighted by Crippen LogP contribution is 2.29. The van der Waals surface area contributed by atoms with Gasteiger partial charge in [0.2, 0.25) is 0 Å². The SMILES string of the molecule is Cc1nc(CCOc2ccc(-c3cccc(C4CCNCC4)c3)cc2)cs1. The number of hydrogen-bond donors (Lipinski definition) is 1.